The first-order valence-electron chi connectivity index (χ1n) is 5.93. The molecule has 1 aliphatic rings. The quantitative estimate of drug-likeness (QED) is 0.856. The highest BCUT2D eigenvalue weighted by molar-refractivity contribution is 5.24. The summed E-state index contributed by atoms with van der Waals surface area (Å²) in [6.45, 7) is 3.33. The average molecular weight is 238 g/mol. The monoisotopic (exact) mass is 238 g/mol. The third-order valence-corrected chi connectivity index (χ3v) is 3.33. The van der Waals surface area contributed by atoms with E-state index in [0.29, 0.717) is 6.61 Å². The van der Waals surface area contributed by atoms with E-state index in [1.807, 2.05) is 6.07 Å². The SMILES string of the molecule is COCCN1C[C@H](c2cccc(F)c2)[C@@H](N)C1. The van der Waals surface area contributed by atoms with Gasteiger partial charge in [0.25, 0.3) is 0 Å². The minimum Gasteiger partial charge on any atom is -0.383 e. The number of benzene rings is 1. The van der Waals surface area contributed by atoms with Gasteiger partial charge in [-0.15, -0.1) is 0 Å². The van der Waals surface area contributed by atoms with Crippen molar-refractivity contribution in [3.63, 3.8) is 0 Å². The van der Waals surface area contributed by atoms with Crippen molar-refractivity contribution in [1.29, 1.82) is 0 Å². The number of hydrogen-bond acceptors (Lipinski definition) is 3. The maximum Gasteiger partial charge on any atom is 0.123 e. The van der Waals surface area contributed by atoms with Gasteiger partial charge in [-0.05, 0) is 17.7 Å². The third kappa shape index (κ3) is 3.03. The first kappa shape index (κ1) is 12.5. The lowest BCUT2D eigenvalue weighted by molar-refractivity contribution is 0.160. The maximum atomic E-state index is 13.2. The first-order valence-corrected chi connectivity index (χ1v) is 5.93. The van der Waals surface area contributed by atoms with Gasteiger partial charge in [0.15, 0.2) is 0 Å². The number of rotatable bonds is 4. The molecule has 0 bridgehead atoms. The number of halogens is 1. The second-order valence-electron chi connectivity index (χ2n) is 4.58. The number of nitrogens with zero attached hydrogens (tertiary/aromatic N) is 1. The highest BCUT2D eigenvalue weighted by Crippen LogP contribution is 2.26. The van der Waals surface area contributed by atoms with Crippen LogP contribution in [0.2, 0.25) is 0 Å². The molecule has 1 aromatic carbocycles. The molecule has 1 fully saturated rings. The molecule has 1 heterocycles. The Labute approximate surface area is 101 Å². The van der Waals surface area contributed by atoms with Crippen LogP contribution in [-0.4, -0.2) is 44.3 Å². The van der Waals surface area contributed by atoms with Gasteiger partial charge in [0.2, 0.25) is 0 Å². The Bertz CT molecular complexity index is 372. The Hall–Kier alpha value is -0.970. The molecule has 2 N–H and O–H groups in total. The zero-order valence-electron chi connectivity index (χ0n) is 10.1. The average Bonchev–Trinajstić information content (AvgIpc) is 2.68. The Morgan fingerprint density at radius 2 is 2.29 bits per heavy atom. The molecule has 0 aliphatic carbocycles. The summed E-state index contributed by atoms with van der Waals surface area (Å²) in [6, 6.07) is 6.83. The van der Waals surface area contributed by atoms with Crippen molar-refractivity contribution in [1.82, 2.24) is 4.90 Å². The predicted octanol–water partition coefficient (Wildman–Crippen LogP) is 1.20. The van der Waals surface area contributed by atoms with Gasteiger partial charge in [-0.1, -0.05) is 12.1 Å². The summed E-state index contributed by atoms with van der Waals surface area (Å²) in [5.74, 6) is 0.0348. The second kappa shape index (κ2) is 5.58. The zero-order valence-corrected chi connectivity index (χ0v) is 10.1. The smallest absolute Gasteiger partial charge is 0.123 e. The van der Waals surface area contributed by atoms with E-state index in [0.717, 1.165) is 25.2 Å². The summed E-state index contributed by atoms with van der Waals surface area (Å²) < 4.78 is 18.2. The van der Waals surface area contributed by atoms with Gasteiger partial charge < -0.3 is 10.5 Å². The van der Waals surface area contributed by atoms with E-state index in [9.17, 15) is 4.39 Å². The highest BCUT2D eigenvalue weighted by atomic mass is 19.1. The number of ether oxygens (including phenoxy) is 1. The van der Waals surface area contributed by atoms with Crippen molar-refractivity contribution in [2.24, 2.45) is 5.73 Å². The van der Waals surface area contributed by atoms with Gasteiger partial charge in [0.1, 0.15) is 5.82 Å². The summed E-state index contributed by atoms with van der Waals surface area (Å²) in [5.41, 5.74) is 7.12. The summed E-state index contributed by atoms with van der Waals surface area (Å²) >= 11 is 0. The van der Waals surface area contributed by atoms with Gasteiger partial charge in [0.05, 0.1) is 6.61 Å². The molecule has 2 atom stereocenters. The molecule has 94 valence electrons. The van der Waals surface area contributed by atoms with E-state index in [1.165, 1.54) is 6.07 Å². The fraction of sp³-hybridized carbons (Fsp3) is 0.538. The molecule has 0 aromatic heterocycles. The highest BCUT2D eigenvalue weighted by Gasteiger charge is 2.30. The van der Waals surface area contributed by atoms with E-state index in [4.69, 9.17) is 10.5 Å². The topological polar surface area (TPSA) is 38.5 Å². The molecular weight excluding hydrogens is 219 g/mol. The minimum absolute atomic E-state index is 0.0775. The fourth-order valence-corrected chi connectivity index (χ4v) is 2.41. The van der Waals surface area contributed by atoms with Gasteiger partial charge in [-0.25, -0.2) is 4.39 Å². The van der Waals surface area contributed by atoms with Gasteiger partial charge in [0, 0.05) is 38.7 Å². The molecule has 1 aliphatic heterocycles. The fourth-order valence-electron chi connectivity index (χ4n) is 2.41. The van der Waals surface area contributed by atoms with Crippen molar-refractivity contribution in [2.75, 3.05) is 33.4 Å². The standard InChI is InChI=1S/C13H19FN2O/c1-17-6-5-16-8-12(13(15)9-16)10-3-2-4-11(14)7-10/h2-4,7,12-13H,5-6,8-9,15H2,1H3/t12-,13+/m1/s1. The van der Waals surface area contributed by atoms with Crippen LogP contribution >= 0.6 is 0 Å². The lowest BCUT2D eigenvalue weighted by atomic mass is 9.95. The van der Waals surface area contributed by atoms with E-state index >= 15 is 0 Å². The molecule has 0 saturated carbocycles. The van der Waals surface area contributed by atoms with Gasteiger partial charge in [-0.3, -0.25) is 4.90 Å². The van der Waals surface area contributed by atoms with E-state index in [-0.39, 0.29) is 17.8 Å². The molecule has 1 saturated heterocycles. The van der Waals surface area contributed by atoms with E-state index < -0.39 is 0 Å². The number of hydrogen-bond donors (Lipinski definition) is 1. The maximum absolute atomic E-state index is 13.2. The van der Waals surface area contributed by atoms with Crippen LogP contribution in [0, 0.1) is 5.82 Å². The largest absolute Gasteiger partial charge is 0.383 e. The van der Waals surface area contributed by atoms with Gasteiger partial charge in [-0.2, -0.15) is 0 Å². The molecule has 0 unspecified atom stereocenters. The van der Waals surface area contributed by atoms with Crippen molar-refractivity contribution < 1.29 is 9.13 Å². The Kier molecular flexibility index (Phi) is 4.10. The number of nitrogens with two attached hydrogens (primary N) is 1. The van der Waals surface area contributed by atoms with Crippen LogP contribution in [0.1, 0.15) is 11.5 Å². The van der Waals surface area contributed by atoms with Crippen LogP contribution in [0.4, 0.5) is 4.39 Å². The second-order valence-corrected chi connectivity index (χ2v) is 4.58. The number of methoxy groups -OCH3 is 1. The van der Waals surface area contributed by atoms with E-state index in [2.05, 4.69) is 4.90 Å². The molecule has 4 heteroatoms. The van der Waals surface area contributed by atoms with Crippen LogP contribution in [0.5, 0.6) is 0 Å². The van der Waals surface area contributed by atoms with Crippen LogP contribution in [0.15, 0.2) is 24.3 Å². The molecule has 0 radical (unpaired) electrons. The summed E-state index contributed by atoms with van der Waals surface area (Å²) in [4.78, 5) is 2.27. The van der Waals surface area contributed by atoms with Crippen molar-refractivity contribution in [2.45, 2.75) is 12.0 Å². The van der Waals surface area contributed by atoms with Crippen LogP contribution in [0.3, 0.4) is 0 Å². The Morgan fingerprint density at radius 3 is 3.00 bits per heavy atom. The summed E-state index contributed by atoms with van der Waals surface area (Å²) in [7, 11) is 1.69. The van der Waals surface area contributed by atoms with Crippen LogP contribution < -0.4 is 5.73 Å². The zero-order chi connectivity index (χ0) is 12.3. The molecule has 1 aromatic rings. The molecule has 2 rings (SSSR count). The molecule has 3 nitrogen and oxygen atoms in total. The summed E-state index contributed by atoms with van der Waals surface area (Å²) in [5, 5.41) is 0. The summed E-state index contributed by atoms with van der Waals surface area (Å²) in [6.07, 6.45) is 0. The molecule has 0 amide bonds. The first-order chi connectivity index (χ1) is 8.20. The molecular formula is C13H19FN2O. The predicted molar refractivity (Wildman–Crippen MR) is 65.4 cm³/mol. The Morgan fingerprint density at radius 1 is 1.47 bits per heavy atom. The van der Waals surface area contributed by atoms with Crippen molar-refractivity contribution in [3.05, 3.63) is 35.6 Å². The van der Waals surface area contributed by atoms with Gasteiger partial charge >= 0.3 is 0 Å². The van der Waals surface area contributed by atoms with Crippen LogP contribution in [-0.2, 0) is 4.74 Å². The normalized spacial score (nSPS) is 25.4. The van der Waals surface area contributed by atoms with E-state index in [1.54, 1.807) is 19.2 Å². The molecule has 0 spiro atoms. The molecule has 17 heavy (non-hydrogen) atoms. The Balaban J connectivity index is 2.02. The lowest BCUT2D eigenvalue weighted by Gasteiger charge is -2.15. The third-order valence-electron chi connectivity index (χ3n) is 3.33. The minimum atomic E-state index is -0.190. The number of likely N-dealkylation sites (tertiary alicyclic amines) is 1. The van der Waals surface area contributed by atoms with Crippen LogP contribution in [0.25, 0.3) is 0 Å². The lowest BCUT2D eigenvalue weighted by Crippen LogP contribution is -2.30. The van der Waals surface area contributed by atoms with Crippen molar-refractivity contribution in [3.8, 4) is 0 Å². The van der Waals surface area contributed by atoms with Crippen molar-refractivity contribution >= 4 is 0 Å².